The van der Waals surface area contributed by atoms with Crippen LogP contribution in [0.15, 0.2) is 12.1 Å². The van der Waals surface area contributed by atoms with Crippen molar-refractivity contribution in [2.75, 3.05) is 18.5 Å². The van der Waals surface area contributed by atoms with Crippen LogP contribution in [-0.2, 0) is 0 Å². The van der Waals surface area contributed by atoms with E-state index in [1.807, 2.05) is 0 Å². The maximum atomic E-state index is 10.7. The number of benzene rings is 1. The molecule has 0 atom stereocenters. The van der Waals surface area contributed by atoms with Gasteiger partial charge in [-0.2, -0.15) is 0 Å². The van der Waals surface area contributed by atoms with Crippen LogP contribution in [0.1, 0.15) is 5.56 Å². The molecule has 6 heteroatoms. The summed E-state index contributed by atoms with van der Waals surface area (Å²) in [6, 6.07) is 2.79. The van der Waals surface area contributed by atoms with Crippen molar-refractivity contribution in [2.45, 2.75) is 6.92 Å². The molecule has 82 valence electrons. The van der Waals surface area contributed by atoms with Crippen LogP contribution in [0.2, 0.25) is 0 Å². The average Bonchev–Trinajstić information content (AvgIpc) is 2.19. The van der Waals surface area contributed by atoms with E-state index < -0.39 is 4.92 Å². The van der Waals surface area contributed by atoms with Gasteiger partial charge in [-0.1, -0.05) is 0 Å². The summed E-state index contributed by atoms with van der Waals surface area (Å²) in [4.78, 5) is 10.2. The molecule has 0 heterocycles. The predicted octanol–water partition coefficient (Wildman–Crippen LogP) is 1.01. The number of aromatic hydroxyl groups is 1. The van der Waals surface area contributed by atoms with Gasteiger partial charge in [0.2, 0.25) is 0 Å². The SMILES string of the molecule is Cc1c(O)ccc(NCCO)c1[N+](=O)[O-]. The summed E-state index contributed by atoms with van der Waals surface area (Å²) in [6.07, 6.45) is 0. The average molecular weight is 212 g/mol. The molecule has 15 heavy (non-hydrogen) atoms. The first kappa shape index (κ1) is 11.3. The van der Waals surface area contributed by atoms with E-state index >= 15 is 0 Å². The number of aliphatic hydroxyl groups excluding tert-OH is 1. The zero-order valence-corrected chi connectivity index (χ0v) is 8.23. The number of hydrogen-bond donors (Lipinski definition) is 3. The van der Waals surface area contributed by atoms with Gasteiger partial charge in [-0.25, -0.2) is 0 Å². The quantitative estimate of drug-likeness (QED) is 0.393. The molecule has 3 N–H and O–H groups in total. The van der Waals surface area contributed by atoms with E-state index in [0.717, 1.165) is 0 Å². The number of nitrogens with one attached hydrogen (secondary N) is 1. The van der Waals surface area contributed by atoms with Crippen molar-refractivity contribution in [1.82, 2.24) is 0 Å². The molecule has 0 unspecified atom stereocenters. The van der Waals surface area contributed by atoms with Crippen LogP contribution in [0.3, 0.4) is 0 Å². The minimum Gasteiger partial charge on any atom is -0.507 e. The van der Waals surface area contributed by atoms with Crippen LogP contribution >= 0.6 is 0 Å². The summed E-state index contributed by atoms with van der Waals surface area (Å²) in [5.41, 5.74) is 0.343. The lowest BCUT2D eigenvalue weighted by Gasteiger charge is -2.08. The number of aliphatic hydroxyl groups is 1. The monoisotopic (exact) mass is 212 g/mol. The molecule has 1 rings (SSSR count). The number of phenols is 1. The van der Waals surface area contributed by atoms with Crippen LogP contribution in [0.4, 0.5) is 11.4 Å². The van der Waals surface area contributed by atoms with Gasteiger partial charge in [-0.15, -0.1) is 0 Å². The Bertz CT molecular complexity index is 379. The lowest BCUT2D eigenvalue weighted by Crippen LogP contribution is -2.08. The Kier molecular flexibility index (Phi) is 3.46. The fraction of sp³-hybridized carbons (Fsp3) is 0.333. The first-order valence-electron chi connectivity index (χ1n) is 4.39. The van der Waals surface area contributed by atoms with E-state index in [2.05, 4.69) is 5.32 Å². The van der Waals surface area contributed by atoms with Gasteiger partial charge in [0.1, 0.15) is 11.4 Å². The lowest BCUT2D eigenvalue weighted by atomic mass is 10.1. The largest absolute Gasteiger partial charge is 0.507 e. The third kappa shape index (κ3) is 2.35. The molecule has 0 aromatic heterocycles. The van der Waals surface area contributed by atoms with Crippen LogP contribution in [0, 0.1) is 17.0 Å². The molecule has 0 aliphatic carbocycles. The summed E-state index contributed by atoms with van der Waals surface area (Å²) in [7, 11) is 0. The fourth-order valence-corrected chi connectivity index (χ4v) is 1.26. The van der Waals surface area contributed by atoms with Crippen molar-refractivity contribution >= 4 is 11.4 Å². The highest BCUT2D eigenvalue weighted by molar-refractivity contribution is 5.68. The first-order valence-corrected chi connectivity index (χ1v) is 4.39. The van der Waals surface area contributed by atoms with Gasteiger partial charge in [0.25, 0.3) is 5.69 Å². The smallest absolute Gasteiger partial charge is 0.298 e. The fourth-order valence-electron chi connectivity index (χ4n) is 1.26. The minimum absolute atomic E-state index is 0.114. The lowest BCUT2D eigenvalue weighted by molar-refractivity contribution is -0.384. The number of nitrogens with zero attached hydrogens (tertiary/aromatic N) is 1. The molecule has 0 radical (unpaired) electrons. The van der Waals surface area contributed by atoms with Gasteiger partial charge in [0.05, 0.1) is 17.1 Å². The highest BCUT2D eigenvalue weighted by Gasteiger charge is 2.19. The normalized spacial score (nSPS) is 10.0. The summed E-state index contributed by atoms with van der Waals surface area (Å²) in [6.45, 7) is 1.58. The Balaban J connectivity index is 3.15. The molecule has 6 nitrogen and oxygen atoms in total. The van der Waals surface area contributed by atoms with Crippen molar-refractivity contribution in [2.24, 2.45) is 0 Å². The van der Waals surface area contributed by atoms with E-state index in [0.29, 0.717) is 5.69 Å². The summed E-state index contributed by atoms with van der Waals surface area (Å²) in [5.74, 6) is -0.115. The maximum Gasteiger partial charge on any atom is 0.298 e. The Morgan fingerprint density at radius 3 is 2.73 bits per heavy atom. The number of hydrogen-bond acceptors (Lipinski definition) is 5. The Hall–Kier alpha value is -1.82. The van der Waals surface area contributed by atoms with Crippen molar-refractivity contribution < 1.29 is 15.1 Å². The topological polar surface area (TPSA) is 95.6 Å². The molecule has 0 aliphatic rings. The summed E-state index contributed by atoms with van der Waals surface area (Å²) < 4.78 is 0. The molecule has 0 saturated carbocycles. The number of nitro benzene ring substituents is 1. The molecule has 1 aromatic carbocycles. The van der Waals surface area contributed by atoms with Gasteiger partial charge in [-0.05, 0) is 19.1 Å². The molecule has 1 aromatic rings. The Morgan fingerprint density at radius 2 is 2.20 bits per heavy atom. The second-order valence-electron chi connectivity index (χ2n) is 3.01. The van der Waals surface area contributed by atoms with E-state index in [1.54, 1.807) is 0 Å². The number of rotatable bonds is 4. The van der Waals surface area contributed by atoms with E-state index in [4.69, 9.17) is 5.11 Å². The molecule has 0 bridgehead atoms. The van der Waals surface area contributed by atoms with Crippen molar-refractivity contribution in [3.05, 3.63) is 27.8 Å². The number of phenolic OH excluding ortho intramolecular Hbond substituents is 1. The van der Waals surface area contributed by atoms with Crippen LogP contribution in [0.25, 0.3) is 0 Å². The van der Waals surface area contributed by atoms with Crippen LogP contribution in [0.5, 0.6) is 5.75 Å². The highest BCUT2D eigenvalue weighted by atomic mass is 16.6. The number of nitro groups is 1. The highest BCUT2D eigenvalue weighted by Crippen LogP contribution is 2.33. The van der Waals surface area contributed by atoms with Crippen LogP contribution in [-0.4, -0.2) is 28.3 Å². The molecule has 0 saturated heterocycles. The summed E-state index contributed by atoms with van der Waals surface area (Å²) in [5, 5.41) is 31.4. The zero-order chi connectivity index (χ0) is 11.4. The first-order chi connectivity index (χ1) is 7.07. The van der Waals surface area contributed by atoms with E-state index in [1.165, 1.54) is 19.1 Å². The van der Waals surface area contributed by atoms with E-state index in [9.17, 15) is 15.2 Å². The minimum atomic E-state index is -0.561. The van der Waals surface area contributed by atoms with Gasteiger partial charge < -0.3 is 15.5 Å². The van der Waals surface area contributed by atoms with Gasteiger partial charge in [-0.3, -0.25) is 10.1 Å². The number of anilines is 1. The molecule has 0 aliphatic heterocycles. The van der Waals surface area contributed by atoms with Crippen LogP contribution < -0.4 is 5.32 Å². The molecule has 0 spiro atoms. The maximum absolute atomic E-state index is 10.7. The third-order valence-electron chi connectivity index (χ3n) is 2.01. The van der Waals surface area contributed by atoms with Crippen molar-refractivity contribution in [3.63, 3.8) is 0 Å². The molecular formula is C9H12N2O4. The Labute approximate surface area is 86.3 Å². The third-order valence-corrected chi connectivity index (χ3v) is 2.01. The molecule has 0 fully saturated rings. The van der Waals surface area contributed by atoms with E-state index in [-0.39, 0.29) is 30.2 Å². The standard InChI is InChI=1S/C9H12N2O4/c1-6-8(13)3-2-7(10-4-5-12)9(6)11(14)15/h2-3,10,12-13H,4-5H2,1H3. The Morgan fingerprint density at radius 1 is 1.53 bits per heavy atom. The second-order valence-corrected chi connectivity index (χ2v) is 3.01. The summed E-state index contributed by atoms with van der Waals surface area (Å²) >= 11 is 0. The zero-order valence-electron chi connectivity index (χ0n) is 8.23. The molecule has 0 amide bonds. The predicted molar refractivity (Wildman–Crippen MR) is 55.1 cm³/mol. The van der Waals surface area contributed by atoms with Gasteiger partial charge in [0.15, 0.2) is 0 Å². The van der Waals surface area contributed by atoms with Crippen molar-refractivity contribution in [1.29, 1.82) is 0 Å². The second kappa shape index (κ2) is 4.61. The van der Waals surface area contributed by atoms with Gasteiger partial charge in [0, 0.05) is 6.54 Å². The van der Waals surface area contributed by atoms with Crippen molar-refractivity contribution in [3.8, 4) is 5.75 Å². The van der Waals surface area contributed by atoms with Gasteiger partial charge >= 0.3 is 0 Å². The molecular weight excluding hydrogens is 200 g/mol.